The quantitative estimate of drug-likeness (QED) is 0.740. The molecular weight excluding hydrogens is 332 g/mol. The van der Waals surface area contributed by atoms with Crippen LogP contribution in [0.15, 0.2) is 42.5 Å². The molecule has 0 heterocycles. The maximum atomic E-state index is 12.2. The van der Waals surface area contributed by atoms with Gasteiger partial charge in [0.25, 0.3) is 0 Å². The highest BCUT2D eigenvalue weighted by atomic mass is 32.2. The highest BCUT2D eigenvalue weighted by molar-refractivity contribution is 7.92. The third kappa shape index (κ3) is 4.46. The van der Waals surface area contributed by atoms with E-state index < -0.39 is 15.8 Å². The second-order valence-corrected chi connectivity index (χ2v) is 6.72. The first-order valence-corrected chi connectivity index (χ1v) is 8.89. The summed E-state index contributed by atoms with van der Waals surface area (Å²) in [6, 6.07) is 11.6. The molecule has 24 heavy (non-hydrogen) atoms. The van der Waals surface area contributed by atoms with E-state index in [4.69, 9.17) is 15.2 Å². The first kappa shape index (κ1) is 17.8. The summed E-state index contributed by atoms with van der Waals surface area (Å²) in [6.07, 6.45) is 1.00. The van der Waals surface area contributed by atoms with Gasteiger partial charge < -0.3 is 15.2 Å². The van der Waals surface area contributed by atoms with E-state index in [0.29, 0.717) is 11.5 Å². The zero-order chi connectivity index (χ0) is 17.7. The fourth-order valence-corrected chi connectivity index (χ4v) is 2.58. The Morgan fingerprint density at radius 1 is 1.17 bits per heavy atom. The van der Waals surface area contributed by atoms with E-state index in [1.807, 2.05) is 6.07 Å². The van der Waals surface area contributed by atoms with Crippen molar-refractivity contribution >= 4 is 21.5 Å². The van der Waals surface area contributed by atoms with Crippen LogP contribution in [0.4, 0.5) is 5.69 Å². The number of hydrogen-bond acceptors (Lipinski definition) is 6. The molecule has 0 aliphatic rings. The number of benzene rings is 2. The number of hydrogen-bond donors (Lipinski definition) is 2. The summed E-state index contributed by atoms with van der Waals surface area (Å²) < 4.78 is 36.5. The zero-order valence-electron chi connectivity index (χ0n) is 13.3. The number of carbonyl (C=O) groups excluding carboxylic acids is 1. The number of nitrogens with one attached hydrogen (secondary N) is 1. The Kier molecular flexibility index (Phi) is 5.42. The molecule has 128 valence electrons. The Hall–Kier alpha value is -2.58. The van der Waals surface area contributed by atoms with Crippen molar-refractivity contribution < 1.29 is 22.7 Å². The van der Waals surface area contributed by atoms with Crippen LogP contribution in [0.1, 0.15) is 10.4 Å². The molecule has 2 aromatic rings. The van der Waals surface area contributed by atoms with E-state index in [-0.39, 0.29) is 23.5 Å². The smallest absolute Gasteiger partial charge is 0.229 e. The number of Topliss-reactive ketones (excluding diaryl/α,β-unsaturated/α-hetero) is 1. The van der Waals surface area contributed by atoms with Crippen LogP contribution in [-0.4, -0.2) is 34.1 Å². The summed E-state index contributed by atoms with van der Waals surface area (Å²) in [5.41, 5.74) is 5.68. The summed E-state index contributed by atoms with van der Waals surface area (Å²) in [5, 5.41) is 0. The normalized spacial score (nSPS) is 11.0. The number of ether oxygens (including phenoxy) is 2. The lowest BCUT2D eigenvalue weighted by atomic mass is 10.1. The van der Waals surface area contributed by atoms with Gasteiger partial charge in [-0.2, -0.15) is 0 Å². The molecule has 0 amide bonds. The molecule has 2 aromatic carbocycles. The number of para-hydroxylation sites is 1. The number of sulfonamides is 1. The van der Waals surface area contributed by atoms with Gasteiger partial charge in [0.15, 0.2) is 11.5 Å². The van der Waals surface area contributed by atoms with Gasteiger partial charge in [-0.1, -0.05) is 18.2 Å². The molecule has 0 fully saturated rings. The fourth-order valence-electron chi connectivity index (χ4n) is 2.03. The van der Waals surface area contributed by atoms with Crippen LogP contribution in [-0.2, 0) is 10.0 Å². The van der Waals surface area contributed by atoms with Gasteiger partial charge in [-0.25, -0.2) is 8.42 Å². The summed E-state index contributed by atoms with van der Waals surface area (Å²) in [7, 11) is -2.18. The SMILES string of the molecule is COc1cc(NS(C)(=O)=O)c(Oc2ccccc2)c(C(=O)CN)c1. The van der Waals surface area contributed by atoms with Crippen LogP contribution < -0.4 is 19.9 Å². The van der Waals surface area contributed by atoms with Crippen molar-refractivity contribution in [1.82, 2.24) is 0 Å². The van der Waals surface area contributed by atoms with Crippen molar-refractivity contribution in [3.63, 3.8) is 0 Å². The summed E-state index contributed by atoms with van der Waals surface area (Å²) >= 11 is 0. The molecule has 0 aliphatic carbocycles. The number of nitrogens with two attached hydrogens (primary N) is 1. The van der Waals surface area contributed by atoms with Gasteiger partial charge in [-0.3, -0.25) is 9.52 Å². The lowest BCUT2D eigenvalue weighted by Gasteiger charge is -2.17. The lowest BCUT2D eigenvalue weighted by Crippen LogP contribution is -2.17. The second kappa shape index (κ2) is 7.33. The Morgan fingerprint density at radius 2 is 1.83 bits per heavy atom. The standard InChI is InChI=1S/C16H18N2O5S/c1-22-12-8-13(15(19)10-17)16(14(9-12)18-24(2,20)21)23-11-6-4-3-5-7-11/h3-9,18H,10,17H2,1-2H3. The minimum atomic E-state index is -3.59. The third-order valence-electron chi connectivity index (χ3n) is 3.04. The van der Waals surface area contributed by atoms with E-state index in [9.17, 15) is 13.2 Å². The summed E-state index contributed by atoms with van der Waals surface area (Å²) in [5.74, 6) is 0.419. The molecule has 8 heteroatoms. The molecule has 2 rings (SSSR count). The molecular formula is C16H18N2O5S. The van der Waals surface area contributed by atoms with Crippen molar-refractivity contribution in [1.29, 1.82) is 0 Å². The van der Waals surface area contributed by atoms with E-state index in [1.165, 1.54) is 19.2 Å². The van der Waals surface area contributed by atoms with Crippen molar-refractivity contribution in [3.05, 3.63) is 48.0 Å². The van der Waals surface area contributed by atoms with Crippen molar-refractivity contribution in [2.75, 3.05) is 24.6 Å². The number of carbonyl (C=O) groups is 1. The summed E-state index contributed by atoms with van der Waals surface area (Å²) in [4.78, 5) is 12.2. The first-order valence-electron chi connectivity index (χ1n) is 7.00. The van der Waals surface area contributed by atoms with Gasteiger partial charge in [0.05, 0.1) is 31.2 Å². The van der Waals surface area contributed by atoms with Crippen molar-refractivity contribution in [2.24, 2.45) is 5.73 Å². The van der Waals surface area contributed by atoms with E-state index in [0.717, 1.165) is 6.26 Å². The minimum Gasteiger partial charge on any atom is -0.497 e. The van der Waals surface area contributed by atoms with Gasteiger partial charge in [-0.05, 0) is 18.2 Å². The molecule has 0 bridgehead atoms. The Balaban J connectivity index is 2.63. The molecule has 0 aliphatic heterocycles. The van der Waals surface area contributed by atoms with Gasteiger partial charge in [0.2, 0.25) is 10.0 Å². The Bertz CT molecular complexity index is 835. The van der Waals surface area contributed by atoms with Crippen LogP contribution >= 0.6 is 0 Å². The predicted octanol–water partition coefficient (Wildman–Crippen LogP) is 2.00. The van der Waals surface area contributed by atoms with Crippen molar-refractivity contribution in [2.45, 2.75) is 0 Å². The lowest BCUT2D eigenvalue weighted by molar-refractivity contribution is 0.0999. The number of methoxy groups -OCH3 is 1. The largest absolute Gasteiger partial charge is 0.497 e. The maximum Gasteiger partial charge on any atom is 0.229 e. The zero-order valence-corrected chi connectivity index (χ0v) is 14.1. The highest BCUT2D eigenvalue weighted by Gasteiger charge is 2.20. The molecule has 0 spiro atoms. The van der Waals surface area contributed by atoms with Gasteiger partial charge in [-0.15, -0.1) is 0 Å². The molecule has 0 unspecified atom stereocenters. The molecule has 0 radical (unpaired) electrons. The topological polar surface area (TPSA) is 108 Å². The van der Waals surface area contributed by atoms with Crippen LogP contribution in [0, 0.1) is 0 Å². The maximum absolute atomic E-state index is 12.2. The van der Waals surface area contributed by atoms with E-state index >= 15 is 0 Å². The average molecular weight is 350 g/mol. The number of ketones is 1. The Labute approximate surface area is 140 Å². The molecule has 0 saturated heterocycles. The number of anilines is 1. The first-order chi connectivity index (χ1) is 11.3. The van der Waals surface area contributed by atoms with E-state index in [2.05, 4.69) is 4.72 Å². The van der Waals surface area contributed by atoms with Crippen LogP contribution in [0.5, 0.6) is 17.2 Å². The number of rotatable bonds is 7. The monoisotopic (exact) mass is 350 g/mol. The highest BCUT2D eigenvalue weighted by Crippen LogP contribution is 2.37. The molecule has 0 aromatic heterocycles. The Morgan fingerprint density at radius 3 is 2.38 bits per heavy atom. The van der Waals surface area contributed by atoms with Crippen LogP contribution in [0.25, 0.3) is 0 Å². The third-order valence-corrected chi connectivity index (χ3v) is 3.63. The van der Waals surface area contributed by atoms with Crippen molar-refractivity contribution in [3.8, 4) is 17.2 Å². The van der Waals surface area contributed by atoms with Crippen LogP contribution in [0.3, 0.4) is 0 Å². The summed E-state index contributed by atoms with van der Waals surface area (Å²) in [6.45, 7) is -0.253. The minimum absolute atomic E-state index is 0.0721. The second-order valence-electron chi connectivity index (χ2n) is 4.97. The van der Waals surface area contributed by atoms with Gasteiger partial charge in [0.1, 0.15) is 11.5 Å². The molecule has 0 saturated carbocycles. The fraction of sp³-hybridized carbons (Fsp3) is 0.188. The van der Waals surface area contributed by atoms with E-state index in [1.54, 1.807) is 24.3 Å². The molecule has 7 nitrogen and oxygen atoms in total. The van der Waals surface area contributed by atoms with Gasteiger partial charge in [0, 0.05) is 6.07 Å². The molecule has 3 N–H and O–H groups in total. The average Bonchev–Trinajstić information content (AvgIpc) is 2.55. The molecule has 0 atom stereocenters. The van der Waals surface area contributed by atoms with Gasteiger partial charge >= 0.3 is 0 Å². The predicted molar refractivity (Wildman–Crippen MR) is 91.4 cm³/mol. The van der Waals surface area contributed by atoms with Crippen LogP contribution in [0.2, 0.25) is 0 Å².